The third-order valence-electron chi connectivity index (χ3n) is 7.14. The lowest BCUT2D eigenvalue weighted by Crippen LogP contribution is -2.40. The number of anilines is 1. The fourth-order valence-corrected chi connectivity index (χ4v) is 5.09. The summed E-state index contributed by atoms with van der Waals surface area (Å²) < 4.78 is 0. The second kappa shape index (κ2) is 9.41. The Morgan fingerprint density at radius 2 is 1.56 bits per heavy atom. The maximum atomic E-state index is 12.9. The van der Waals surface area contributed by atoms with Gasteiger partial charge in [0.2, 0.25) is 0 Å². The molecule has 7 nitrogen and oxygen atoms in total. The molecule has 2 saturated carbocycles. The van der Waals surface area contributed by atoms with E-state index in [2.05, 4.69) is 10.6 Å². The molecule has 0 saturated heterocycles. The Balaban J connectivity index is 1.27. The van der Waals surface area contributed by atoms with E-state index in [-0.39, 0.29) is 29.3 Å². The van der Waals surface area contributed by atoms with Crippen LogP contribution in [0.1, 0.15) is 77.3 Å². The number of hydrogen-bond acceptors (Lipinski definition) is 4. The SMILES string of the molecule is O=C(Nc1ccc2c(c1)C(=O)N(CC1CC1)C2=O)C(=O)NC(c1ccccc1)C1CCCCC1. The standard InChI is InChI=1S/C27H29N3O4/c31-24(25(32)29-23(18-7-3-1-4-8-18)19-9-5-2-6-10-19)28-20-13-14-21-22(15-20)27(34)30(26(21)33)16-17-11-12-17/h1,3-4,7-8,13-15,17,19,23H,2,5-6,9-12,16H2,(H,28,31)(H,29,32). The number of rotatable bonds is 6. The highest BCUT2D eigenvalue weighted by Gasteiger charge is 2.39. The van der Waals surface area contributed by atoms with Gasteiger partial charge in [-0.3, -0.25) is 24.1 Å². The van der Waals surface area contributed by atoms with Gasteiger partial charge in [-0.2, -0.15) is 0 Å². The predicted octanol–water partition coefficient (Wildman–Crippen LogP) is 4.07. The van der Waals surface area contributed by atoms with Gasteiger partial charge in [-0.15, -0.1) is 0 Å². The van der Waals surface area contributed by atoms with Crippen LogP contribution >= 0.6 is 0 Å². The normalized spacial score (nSPS) is 19.0. The molecule has 3 aliphatic rings. The van der Waals surface area contributed by atoms with E-state index < -0.39 is 11.8 Å². The summed E-state index contributed by atoms with van der Waals surface area (Å²) in [4.78, 5) is 52.2. The number of nitrogens with zero attached hydrogens (tertiary/aromatic N) is 1. The average Bonchev–Trinajstić information content (AvgIpc) is 3.66. The molecule has 0 radical (unpaired) electrons. The monoisotopic (exact) mass is 459 g/mol. The lowest BCUT2D eigenvalue weighted by molar-refractivity contribution is -0.137. The van der Waals surface area contributed by atoms with Crippen molar-refractivity contribution in [3.63, 3.8) is 0 Å². The minimum Gasteiger partial charge on any atom is -0.341 e. The zero-order valence-electron chi connectivity index (χ0n) is 19.1. The largest absolute Gasteiger partial charge is 0.341 e. The van der Waals surface area contributed by atoms with Gasteiger partial charge < -0.3 is 10.6 Å². The van der Waals surface area contributed by atoms with Crippen LogP contribution in [0, 0.1) is 11.8 Å². The Hall–Kier alpha value is -3.48. The van der Waals surface area contributed by atoms with Crippen LogP contribution in [0.5, 0.6) is 0 Å². The number of benzene rings is 2. The molecule has 4 amide bonds. The molecule has 2 N–H and O–H groups in total. The van der Waals surface area contributed by atoms with Crippen LogP contribution in [0.25, 0.3) is 0 Å². The molecule has 5 rings (SSSR count). The molecular weight excluding hydrogens is 430 g/mol. The van der Waals surface area contributed by atoms with Crippen molar-refractivity contribution in [3.05, 3.63) is 65.2 Å². The molecule has 0 aromatic heterocycles. The van der Waals surface area contributed by atoms with Gasteiger partial charge in [-0.05, 0) is 61.3 Å². The number of carbonyl (C=O) groups excluding carboxylic acids is 4. The summed E-state index contributed by atoms with van der Waals surface area (Å²) in [6.45, 7) is 0.443. The molecule has 1 heterocycles. The first-order valence-corrected chi connectivity index (χ1v) is 12.2. The van der Waals surface area contributed by atoms with E-state index in [4.69, 9.17) is 0 Å². The summed E-state index contributed by atoms with van der Waals surface area (Å²) in [6, 6.07) is 14.1. The molecule has 0 bridgehead atoms. The maximum Gasteiger partial charge on any atom is 0.313 e. The van der Waals surface area contributed by atoms with Gasteiger partial charge in [-0.25, -0.2) is 0 Å². The molecule has 2 aliphatic carbocycles. The van der Waals surface area contributed by atoms with Crippen molar-refractivity contribution in [2.24, 2.45) is 11.8 Å². The van der Waals surface area contributed by atoms with Crippen LogP contribution in [0.4, 0.5) is 5.69 Å². The van der Waals surface area contributed by atoms with Crippen molar-refractivity contribution < 1.29 is 19.2 Å². The highest BCUT2D eigenvalue weighted by Crippen LogP contribution is 2.35. The second-order valence-corrected chi connectivity index (χ2v) is 9.64. The Labute approximate surface area is 198 Å². The molecule has 1 atom stereocenters. The number of amides is 4. The molecule has 1 aliphatic heterocycles. The first-order chi connectivity index (χ1) is 16.5. The van der Waals surface area contributed by atoms with E-state index in [0.717, 1.165) is 44.1 Å². The van der Waals surface area contributed by atoms with E-state index >= 15 is 0 Å². The molecule has 176 valence electrons. The van der Waals surface area contributed by atoms with Crippen molar-refractivity contribution in [2.45, 2.75) is 51.0 Å². The Morgan fingerprint density at radius 1 is 0.853 bits per heavy atom. The fourth-order valence-electron chi connectivity index (χ4n) is 5.09. The minimum absolute atomic E-state index is 0.227. The van der Waals surface area contributed by atoms with Crippen LogP contribution in [0.3, 0.4) is 0 Å². The topological polar surface area (TPSA) is 95.6 Å². The van der Waals surface area contributed by atoms with E-state index in [1.807, 2.05) is 30.3 Å². The van der Waals surface area contributed by atoms with Crippen LogP contribution in [-0.2, 0) is 9.59 Å². The van der Waals surface area contributed by atoms with Crippen molar-refractivity contribution in [2.75, 3.05) is 11.9 Å². The van der Waals surface area contributed by atoms with Crippen LogP contribution in [0.2, 0.25) is 0 Å². The molecule has 34 heavy (non-hydrogen) atoms. The van der Waals surface area contributed by atoms with Crippen molar-refractivity contribution >= 4 is 29.3 Å². The molecule has 0 spiro atoms. The zero-order valence-corrected chi connectivity index (χ0v) is 19.1. The Bertz CT molecular complexity index is 1120. The molecule has 2 aromatic carbocycles. The highest BCUT2D eigenvalue weighted by molar-refractivity contribution is 6.39. The highest BCUT2D eigenvalue weighted by atomic mass is 16.2. The summed E-state index contributed by atoms with van der Waals surface area (Å²) >= 11 is 0. The van der Waals surface area contributed by atoms with Gasteiger partial charge in [0.05, 0.1) is 17.2 Å². The zero-order chi connectivity index (χ0) is 23.7. The van der Waals surface area contributed by atoms with Crippen molar-refractivity contribution in [1.29, 1.82) is 0 Å². The molecule has 1 unspecified atom stereocenters. The molecule has 7 heteroatoms. The minimum atomic E-state index is -0.789. The summed E-state index contributed by atoms with van der Waals surface area (Å²) in [5.74, 6) is -1.45. The van der Waals surface area contributed by atoms with Crippen molar-refractivity contribution in [1.82, 2.24) is 10.2 Å². The average molecular weight is 460 g/mol. The van der Waals surface area contributed by atoms with Gasteiger partial charge >= 0.3 is 11.8 Å². The number of hydrogen-bond donors (Lipinski definition) is 2. The molecule has 2 fully saturated rings. The quantitative estimate of drug-likeness (QED) is 0.503. The van der Waals surface area contributed by atoms with E-state index in [0.29, 0.717) is 23.7 Å². The summed E-state index contributed by atoms with van der Waals surface area (Å²) in [5.41, 5.74) is 1.93. The van der Waals surface area contributed by atoms with Crippen molar-refractivity contribution in [3.8, 4) is 0 Å². The van der Waals surface area contributed by atoms with E-state index in [9.17, 15) is 19.2 Å². The molecular formula is C27H29N3O4. The summed E-state index contributed by atoms with van der Waals surface area (Å²) in [7, 11) is 0. The van der Waals surface area contributed by atoms with Crippen LogP contribution in [-0.4, -0.2) is 35.1 Å². The fraction of sp³-hybridized carbons (Fsp3) is 0.407. The van der Waals surface area contributed by atoms with Gasteiger partial charge in [0.15, 0.2) is 0 Å². The Kier molecular flexibility index (Phi) is 6.18. The van der Waals surface area contributed by atoms with Gasteiger partial charge in [0.25, 0.3) is 11.8 Å². The molecule has 2 aromatic rings. The maximum absolute atomic E-state index is 12.9. The summed E-state index contributed by atoms with van der Waals surface area (Å²) in [5, 5.41) is 5.55. The van der Waals surface area contributed by atoms with Gasteiger partial charge in [0, 0.05) is 12.2 Å². The number of carbonyl (C=O) groups is 4. The number of imide groups is 1. The van der Waals surface area contributed by atoms with Gasteiger partial charge in [0.1, 0.15) is 0 Å². The smallest absolute Gasteiger partial charge is 0.313 e. The third kappa shape index (κ3) is 4.60. The van der Waals surface area contributed by atoms with Crippen LogP contribution < -0.4 is 10.6 Å². The lowest BCUT2D eigenvalue weighted by Gasteiger charge is -2.31. The third-order valence-corrected chi connectivity index (χ3v) is 7.14. The summed E-state index contributed by atoms with van der Waals surface area (Å²) in [6.07, 6.45) is 7.54. The lowest BCUT2D eigenvalue weighted by atomic mass is 9.81. The van der Waals surface area contributed by atoms with Gasteiger partial charge in [-0.1, -0.05) is 49.6 Å². The number of nitrogens with one attached hydrogen (secondary N) is 2. The predicted molar refractivity (Wildman–Crippen MR) is 127 cm³/mol. The van der Waals surface area contributed by atoms with E-state index in [1.54, 1.807) is 12.1 Å². The van der Waals surface area contributed by atoms with E-state index in [1.165, 1.54) is 17.4 Å². The first kappa shape index (κ1) is 22.3. The number of fused-ring (bicyclic) bond motifs is 1. The second-order valence-electron chi connectivity index (χ2n) is 9.64. The van der Waals surface area contributed by atoms with Crippen LogP contribution in [0.15, 0.2) is 48.5 Å². The Morgan fingerprint density at radius 3 is 2.26 bits per heavy atom. The first-order valence-electron chi connectivity index (χ1n) is 12.2.